The zero-order valence-electron chi connectivity index (χ0n) is 24.1. The highest BCUT2D eigenvalue weighted by Gasteiger charge is 2.48. The van der Waals surface area contributed by atoms with E-state index < -0.39 is 5.92 Å². The Hall–Kier alpha value is -2.13. The molecule has 2 aliphatic carbocycles. The first-order chi connectivity index (χ1) is 18.8. The minimum absolute atomic E-state index is 0.128. The molecule has 1 aliphatic heterocycles. The second kappa shape index (κ2) is 10.9. The molecule has 3 aliphatic rings. The van der Waals surface area contributed by atoms with Gasteiger partial charge in [-0.25, -0.2) is 0 Å². The van der Waals surface area contributed by atoms with E-state index in [4.69, 9.17) is 9.47 Å². The van der Waals surface area contributed by atoms with Crippen LogP contribution < -0.4 is 9.47 Å². The van der Waals surface area contributed by atoms with Gasteiger partial charge in [-0.3, -0.25) is 9.59 Å². The number of nitrogens with zero attached hydrogens (tertiary/aromatic N) is 1. The first-order valence-electron chi connectivity index (χ1n) is 13.9. The molecule has 0 bridgehead atoms. The van der Waals surface area contributed by atoms with Crippen molar-refractivity contribution in [2.75, 3.05) is 13.7 Å². The van der Waals surface area contributed by atoms with Gasteiger partial charge in [0.2, 0.25) is 0 Å². The lowest BCUT2D eigenvalue weighted by atomic mass is 9.64. The zero-order valence-corrected chi connectivity index (χ0v) is 27.9. The van der Waals surface area contributed by atoms with Gasteiger partial charge in [-0.15, -0.1) is 0 Å². The quantitative estimate of drug-likeness (QED) is 0.281. The van der Waals surface area contributed by atoms with E-state index in [0.717, 1.165) is 54.6 Å². The fraction of sp³-hybridized carbons (Fsp3) is 0.455. The summed E-state index contributed by atoms with van der Waals surface area (Å²) in [5, 5.41) is 0. The van der Waals surface area contributed by atoms with E-state index in [1.807, 2.05) is 44.3 Å². The standard InChI is InChI=1S/C33H37BrINO4/c1-7-39-27-13-20(12-22(35)31(27)40-18-19-8-10-21(34)11-9-19)28-29-23(14-32(2,3)16-25(29)37)36(6)24-15-33(4,5)17-26(38)30(24)28/h8-13,28H,7,14-18H2,1-6H3. The molecule has 1 heterocycles. The number of ether oxygens (including phenoxy) is 2. The van der Waals surface area contributed by atoms with Gasteiger partial charge < -0.3 is 14.4 Å². The van der Waals surface area contributed by atoms with E-state index in [0.29, 0.717) is 37.6 Å². The molecule has 0 unspecified atom stereocenters. The lowest BCUT2D eigenvalue weighted by Crippen LogP contribution is -2.43. The normalized spacial score (nSPS) is 20.4. The van der Waals surface area contributed by atoms with Crippen molar-refractivity contribution in [3.05, 3.63) is 78.1 Å². The number of carbonyl (C=O) groups is 2. The Kier molecular flexibility index (Phi) is 8.03. The molecule has 0 amide bonds. The molecule has 0 fully saturated rings. The Balaban J connectivity index is 1.63. The molecule has 2 aromatic carbocycles. The van der Waals surface area contributed by atoms with Crippen LogP contribution in [0.4, 0.5) is 0 Å². The van der Waals surface area contributed by atoms with Crippen molar-refractivity contribution in [2.45, 2.75) is 72.8 Å². The monoisotopic (exact) mass is 717 g/mol. The summed E-state index contributed by atoms with van der Waals surface area (Å²) >= 11 is 5.78. The Morgan fingerprint density at radius 3 is 1.98 bits per heavy atom. The highest BCUT2D eigenvalue weighted by atomic mass is 127. The minimum Gasteiger partial charge on any atom is -0.490 e. The maximum absolute atomic E-state index is 13.8. The third-order valence-corrected chi connectivity index (χ3v) is 9.47. The molecule has 2 aromatic rings. The van der Waals surface area contributed by atoms with Crippen molar-refractivity contribution in [2.24, 2.45) is 10.8 Å². The fourth-order valence-electron chi connectivity index (χ4n) is 6.39. The van der Waals surface area contributed by atoms with Crippen molar-refractivity contribution in [1.82, 2.24) is 4.90 Å². The number of allylic oxidation sites excluding steroid dienone is 4. The molecular weight excluding hydrogens is 681 g/mol. The van der Waals surface area contributed by atoms with Crippen molar-refractivity contribution in [3.8, 4) is 11.5 Å². The Morgan fingerprint density at radius 1 is 0.900 bits per heavy atom. The number of halogens is 2. The van der Waals surface area contributed by atoms with E-state index in [2.05, 4.69) is 77.2 Å². The Bertz CT molecular complexity index is 1380. The average molecular weight is 718 g/mol. The van der Waals surface area contributed by atoms with Crippen LogP contribution in [0.15, 0.2) is 63.4 Å². The molecule has 0 saturated carbocycles. The summed E-state index contributed by atoms with van der Waals surface area (Å²) in [6.07, 6.45) is 2.55. The predicted molar refractivity (Wildman–Crippen MR) is 169 cm³/mol. The molecule has 0 atom stereocenters. The summed E-state index contributed by atoms with van der Waals surface area (Å²) < 4.78 is 14.3. The third-order valence-electron chi connectivity index (χ3n) is 8.14. The van der Waals surface area contributed by atoms with Crippen molar-refractivity contribution in [1.29, 1.82) is 0 Å². The van der Waals surface area contributed by atoms with Gasteiger partial charge in [0.1, 0.15) is 6.61 Å². The van der Waals surface area contributed by atoms with Gasteiger partial charge in [0, 0.05) is 52.8 Å². The molecule has 212 valence electrons. The molecule has 0 saturated heterocycles. The number of benzene rings is 2. The van der Waals surface area contributed by atoms with Gasteiger partial charge in [0.05, 0.1) is 10.2 Å². The van der Waals surface area contributed by atoms with Crippen LogP contribution in [0, 0.1) is 14.4 Å². The van der Waals surface area contributed by atoms with Gasteiger partial charge in [0.25, 0.3) is 0 Å². The average Bonchev–Trinajstić information content (AvgIpc) is 2.85. The lowest BCUT2D eigenvalue weighted by Gasteiger charge is -2.48. The summed E-state index contributed by atoms with van der Waals surface area (Å²) in [4.78, 5) is 29.9. The number of ketones is 2. The van der Waals surface area contributed by atoms with Crippen LogP contribution in [0.3, 0.4) is 0 Å². The summed E-state index contributed by atoms with van der Waals surface area (Å²) in [6.45, 7) is 11.5. The van der Waals surface area contributed by atoms with Crippen molar-refractivity contribution >= 4 is 50.1 Å². The Morgan fingerprint density at radius 2 is 1.45 bits per heavy atom. The van der Waals surface area contributed by atoms with Crippen LogP contribution in [0.5, 0.6) is 11.5 Å². The van der Waals surface area contributed by atoms with Gasteiger partial charge in [-0.2, -0.15) is 0 Å². The summed E-state index contributed by atoms with van der Waals surface area (Å²) in [7, 11) is 2.04. The molecule has 0 aromatic heterocycles. The number of rotatable bonds is 6. The number of hydrogen-bond acceptors (Lipinski definition) is 5. The molecule has 0 N–H and O–H groups in total. The SMILES string of the molecule is CCOc1cc(C2C3=C(CC(C)(C)CC3=O)N(C)C3=C2C(=O)CC(C)(C)C3)cc(I)c1OCc1ccc(Br)cc1. The highest BCUT2D eigenvalue weighted by molar-refractivity contribution is 14.1. The number of Topliss-reactive ketones (excluding diaryl/α,β-unsaturated/α-hetero) is 2. The van der Waals surface area contributed by atoms with Gasteiger partial charge in [0.15, 0.2) is 23.1 Å². The third kappa shape index (κ3) is 5.65. The van der Waals surface area contributed by atoms with E-state index >= 15 is 0 Å². The summed E-state index contributed by atoms with van der Waals surface area (Å²) in [6, 6.07) is 12.1. The van der Waals surface area contributed by atoms with Gasteiger partial charge in [-0.05, 0) is 88.6 Å². The smallest absolute Gasteiger partial charge is 0.174 e. The van der Waals surface area contributed by atoms with E-state index in [1.165, 1.54) is 0 Å². The summed E-state index contributed by atoms with van der Waals surface area (Å²) in [5.74, 6) is 1.18. The maximum atomic E-state index is 13.8. The Labute approximate surface area is 259 Å². The van der Waals surface area contributed by atoms with E-state index in [9.17, 15) is 9.59 Å². The second-order valence-corrected chi connectivity index (χ2v) is 14.9. The largest absolute Gasteiger partial charge is 0.490 e. The number of carbonyl (C=O) groups excluding carboxylic acids is 2. The number of hydrogen-bond donors (Lipinski definition) is 0. The van der Waals surface area contributed by atoms with Crippen LogP contribution in [0.2, 0.25) is 0 Å². The lowest BCUT2D eigenvalue weighted by molar-refractivity contribution is -0.119. The van der Waals surface area contributed by atoms with Crippen molar-refractivity contribution in [3.63, 3.8) is 0 Å². The second-order valence-electron chi connectivity index (χ2n) is 12.8. The summed E-state index contributed by atoms with van der Waals surface area (Å²) in [5.41, 5.74) is 5.37. The molecule has 5 nitrogen and oxygen atoms in total. The van der Waals surface area contributed by atoms with Gasteiger partial charge >= 0.3 is 0 Å². The molecule has 0 spiro atoms. The topological polar surface area (TPSA) is 55.8 Å². The van der Waals surface area contributed by atoms with Crippen molar-refractivity contribution < 1.29 is 19.1 Å². The fourth-order valence-corrected chi connectivity index (χ4v) is 7.44. The first-order valence-corrected chi connectivity index (χ1v) is 15.8. The molecular formula is C33H37BrINO4. The maximum Gasteiger partial charge on any atom is 0.174 e. The zero-order chi connectivity index (χ0) is 29.0. The predicted octanol–water partition coefficient (Wildman–Crippen LogP) is 8.35. The molecule has 5 rings (SSSR count). The first kappa shape index (κ1) is 29.4. The molecule has 7 heteroatoms. The van der Waals surface area contributed by atoms with E-state index in [1.54, 1.807) is 0 Å². The van der Waals surface area contributed by atoms with Crippen LogP contribution in [-0.4, -0.2) is 30.1 Å². The van der Waals surface area contributed by atoms with Crippen LogP contribution in [0.1, 0.15) is 77.3 Å². The van der Waals surface area contributed by atoms with Crippen LogP contribution >= 0.6 is 38.5 Å². The molecule has 40 heavy (non-hydrogen) atoms. The van der Waals surface area contributed by atoms with Gasteiger partial charge in [-0.1, -0.05) is 55.8 Å². The molecule has 0 radical (unpaired) electrons. The minimum atomic E-state index is -0.401. The van der Waals surface area contributed by atoms with E-state index in [-0.39, 0.29) is 22.4 Å². The van der Waals surface area contributed by atoms with Crippen LogP contribution in [0.25, 0.3) is 0 Å². The van der Waals surface area contributed by atoms with Crippen LogP contribution in [-0.2, 0) is 16.2 Å². The highest BCUT2D eigenvalue weighted by Crippen LogP contribution is 2.54.